The molecule has 2 N–H and O–H groups in total. The van der Waals surface area contributed by atoms with Crippen LogP contribution in [0.25, 0.3) is 11.4 Å². The number of rotatable bonds is 9. The summed E-state index contributed by atoms with van der Waals surface area (Å²) in [5.74, 6) is -0.233. The molecule has 24 heavy (non-hydrogen) atoms. The molecule has 0 aromatic carbocycles. The van der Waals surface area contributed by atoms with Gasteiger partial charge in [-0.15, -0.1) is 0 Å². The summed E-state index contributed by atoms with van der Waals surface area (Å²) in [5, 5.41) is 19.6. The van der Waals surface area contributed by atoms with Crippen LogP contribution in [-0.2, 0) is 16.0 Å². The van der Waals surface area contributed by atoms with Crippen molar-refractivity contribution in [3.05, 3.63) is 22.7 Å². The number of carbonyl (C=O) groups excluding carboxylic acids is 1. The van der Waals surface area contributed by atoms with Gasteiger partial charge in [0.1, 0.15) is 0 Å². The first-order chi connectivity index (χ1) is 11.5. The van der Waals surface area contributed by atoms with Crippen LogP contribution in [0.3, 0.4) is 0 Å². The molecule has 0 fully saturated rings. The van der Waals surface area contributed by atoms with Gasteiger partial charge in [-0.1, -0.05) is 19.0 Å². The molecule has 0 aliphatic rings. The average Bonchev–Trinajstić information content (AvgIpc) is 3.22. The molecular formula is C16H21N3O4S. The Balaban J connectivity index is 1.91. The SMILES string of the molecule is CCC(CC)(CC(=O)O)NC(=O)CCc1nc(-c2ccsc2)no1. The molecule has 2 rings (SSSR count). The summed E-state index contributed by atoms with van der Waals surface area (Å²) in [6, 6.07) is 1.90. The zero-order chi connectivity index (χ0) is 17.6. The molecule has 2 aromatic heterocycles. The summed E-state index contributed by atoms with van der Waals surface area (Å²) in [5.41, 5.74) is 0.177. The number of aromatic nitrogens is 2. The van der Waals surface area contributed by atoms with Crippen LogP contribution in [0.2, 0.25) is 0 Å². The molecule has 0 spiro atoms. The third-order valence-electron chi connectivity index (χ3n) is 4.06. The van der Waals surface area contributed by atoms with E-state index in [-0.39, 0.29) is 18.7 Å². The van der Waals surface area contributed by atoms with E-state index in [1.165, 1.54) is 0 Å². The molecule has 0 radical (unpaired) electrons. The second kappa shape index (κ2) is 8.05. The van der Waals surface area contributed by atoms with E-state index >= 15 is 0 Å². The minimum Gasteiger partial charge on any atom is -0.481 e. The third kappa shape index (κ3) is 4.64. The Morgan fingerprint density at radius 1 is 1.38 bits per heavy atom. The fraction of sp³-hybridized carbons (Fsp3) is 0.500. The van der Waals surface area contributed by atoms with E-state index in [4.69, 9.17) is 9.63 Å². The van der Waals surface area contributed by atoms with Crippen LogP contribution in [0.4, 0.5) is 0 Å². The number of carbonyl (C=O) groups is 2. The second-order valence-corrected chi connectivity index (χ2v) is 6.41. The molecule has 130 valence electrons. The maximum absolute atomic E-state index is 12.2. The fourth-order valence-corrected chi connectivity index (χ4v) is 3.09. The first-order valence-electron chi connectivity index (χ1n) is 7.86. The highest BCUT2D eigenvalue weighted by Gasteiger charge is 2.30. The molecule has 0 aliphatic heterocycles. The predicted molar refractivity (Wildman–Crippen MR) is 89.6 cm³/mol. The zero-order valence-electron chi connectivity index (χ0n) is 13.7. The lowest BCUT2D eigenvalue weighted by atomic mass is 9.88. The lowest BCUT2D eigenvalue weighted by Crippen LogP contribution is -2.49. The monoisotopic (exact) mass is 351 g/mol. The lowest BCUT2D eigenvalue weighted by Gasteiger charge is -2.31. The van der Waals surface area contributed by atoms with Crippen molar-refractivity contribution in [2.75, 3.05) is 0 Å². The highest BCUT2D eigenvalue weighted by Crippen LogP contribution is 2.21. The maximum Gasteiger partial charge on any atom is 0.305 e. The third-order valence-corrected chi connectivity index (χ3v) is 4.74. The van der Waals surface area contributed by atoms with E-state index in [1.807, 2.05) is 30.7 Å². The maximum atomic E-state index is 12.2. The summed E-state index contributed by atoms with van der Waals surface area (Å²) in [4.78, 5) is 27.5. The Hall–Kier alpha value is -2.22. The minimum atomic E-state index is -0.920. The Labute approximate surface area is 144 Å². The normalized spacial score (nSPS) is 11.4. The smallest absolute Gasteiger partial charge is 0.305 e. The van der Waals surface area contributed by atoms with Crippen LogP contribution >= 0.6 is 11.3 Å². The van der Waals surface area contributed by atoms with Crippen molar-refractivity contribution < 1.29 is 19.2 Å². The molecule has 0 unspecified atom stereocenters. The molecular weight excluding hydrogens is 330 g/mol. The molecule has 2 aromatic rings. The zero-order valence-corrected chi connectivity index (χ0v) is 14.6. The summed E-state index contributed by atoms with van der Waals surface area (Å²) >= 11 is 1.54. The van der Waals surface area contributed by atoms with Gasteiger partial charge in [0.05, 0.1) is 6.42 Å². The number of carboxylic acid groups (broad SMARTS) is 1. The van der Waals surface area contributed by atoms with E-state index < -0.39 is 11.5 Å². The first kappa shape index (κ1) is 18.1. The molecule has 2 heterocycles. The van der Waals surface area contributed by atoms with Gasteiger partial charge in [0, 0.05) is 29.3 Å². The first-order valence-corrected chi connectivity index (χ1v) is 8.80. The number of hydrogen-bond donors (Lipinski definition) is 2. The molecule has 0 saturated carbocycles. The van der Waals surface area contributed by atoms with Crippen molar-refractivity contribution >= 4 is 23.2 Å². The Morgan fingerprint density at radius 2 is 2.12 bits per heavy atom. The Morgan fingerprint density at radius 3 is 2.71 bits per heavy atom. The highest BCUT2D eigenvalue weighted by atomic mass is 32.1. The Kier molecular flexibility index (Phi) is 6.08. The standard InChI is InChI=1S/C16H21N3O4S/c1-3-16(4-2,9-14(21)22)18-12(20)5-6-13-17-15(19-23-13)11-7-8-24-10-11/h7-8,10H,3-6,9H2,1-2H3,(H,18,20)(H,21,22). The van der Waals surface area contributed by atoms with Crippen molar-refractivity contribution in [2.45, 2.75) is 51.5 Å². The van der Waals surface area contributed by atoms with Gasteiger partial charge in [-0.2, -0.15) is 16.3 Å². The van der Waals surface area contributed by atoms with Crippen LogP contribution in [0.15, 0.2) is 21.3 Å². The highest BCUT2D eigenvalue weighted by molar-refractivity contribution is 7.08. The fourth-order valence-electron chi connectivity index (χ4n) is 2.45. The number of amides is 1. The van der Waals surface area contributed by atoms with Crippen molar-refractivity contribution in [1.29, 1.82) is 0 Å². The number of carboxylic acids is 1. The molecule has 0 bridgehead atoms. The number of nitrogens with one attached hydrogen (secondary N) is 1. The van der Waals surface area contributed by atoms with Gasteiger partial charge in [0.15, 0.2) is 0 Å². The van der Waals surface area contributed by atoms with Crippen LogP contribution in [-0.4, -0.2) is 32.7 Å². The Bertz CT molecular complexity index is 677. The molecule has 0 aliphatic carbocycles. The van der Waals surface area contributed by atoms with Crippen molar-refractivity contribution in [3.8, 4) is 11.4 Å². The van der Waals surface area contributed by atoms with E-state index in [2.05, 4.69) is 15.5 Å². The van der Waals surface area contributed by atoms with Crippen LogP contribution in [0.1, 0.15) is 45.4 Å². The van der Waals surface area contributed by atoms with Gasteiger partial charge >= 0.3 is 5.97 Å². The van der Waals surface area contributed by atoms with Crippen LogP contribution in [0, 0.1) is 0 Å². The molecule has 8 heteroatoms. The lowest BCUT2D eigenvalue weighted by molar-refractivity contribution is -0.139. The van der Waals surface area contributed by atoms with Crippen molar-refractivity contribution in [2.24, 2.45) is 0 Å². The summed E-state index contributed by atoms with van der Waals surface area (Å²) in [6.07, 6.45) is 1.52. The molecule has 1 amide bonds. The second-order valence-electron chi connectivity index (χ2n) is 5.63. The van der Waals surface area contributed by atoms with Gasteiger partial charge in [0.25, 0.3) is 0 Å². The summed E-state index contributed by atoms with van der Waals surface area (Å²) in [7, 11) is 0. The van der Waals surface area contributed by atoms with Crippen LogP contribution < -0.4 is 5.32 Å². The average molecular weight is 351 g/mol. The predicted octanol–water partition coefficient (Wildman–Crippen LogP) is 2.88. The van der Waals surface area contributed by atoms with Crippen molar-refractivity contribution in [3.63, 3.8) is 0 Å². The van der Waals surface area contributed by atoms with Gasteiger partial charge in [-0.25, -0.2) is 0 Å². The van der Waals surface area contributed by atoms with E-state index in [1.54, 1.807) is 11.3 Å². The minimum absolute atomic E-state index is 0.0887. The van der Waals surface area contributed by atoms with Gasteiger partial charge < -0.3 is 14.9 Å². The largest absolute Gasteiger partial charge is 0.481 e. The topological polar surface area (TPSA) is 105 Å². The van der Waals surface area contributed by atoms with E-state index in [0.29, 0.717) is 31.0 Å². The van der Waals surface area contributed by atoms with Gasteiger partial charge in [-0.05, 0) is 24.3 Å². The number of thiophene rings is 1. The molecule has 7 nitrogen and oxygen atoms in total. The number of nitrogens with zero attached hydrogens (tertiary/aromatic N) is 2. The van der Waals surface area contributed by atoms with E-state index in [9.17, 15) is 9.59 Å². The van der Waals surface area contributed by atoms with Crippen molar-refractivity contribution in [1.82, 2.24) is 15.5 Å². The molecule has 0 saturated heterocycles. The number of hydrogen-bond acceptors (Lipinski definition) is 6. The summed E-state index contributed by atoms with van der Waals surface area (Å²) < 4.78 is 5.16. The summed E-state index contributed by atoms with van der Waals surface area (Å²) in [6.45, 7) is 3.75. The van der Waals surface area contributed by atoms with Gasteiger partial charge in [-0.3, -0.25) is 9.59 Å². The molecule has 0 atom stereocenters. The quantitative estimate of drug-likeness (QED) is 0.719. The van der Waals surface area contributed by atoms with Crippen LogP contribution in [0.5, 0.6) is 0 Å². The number of aliphatic carboxylic acids is 1. The number of aryl methyl sites for hydroxylation is 1. The van der Waals surface area contributed by atoms with E-state index in [0.717, 1.165) is 5.56 Å². The van der Waals surface area contributed by atoms with Gasteiger partial charge in [0.2, 0.25) is 17.6 Å².